The molecule has 2 heterocycles. The topological polar surface area (TPSA) is 69.7 Å². The van der Waals surface area contributed by atoms with Crippen LogP contribution in [0.2, 0.25) is 0 Å². The van der Waals surface area contributed by atoms with Crippen LogP contribution >= 0.6 is 0 Å². The molecule has 2 aliphatic heterocycles. The summed E-state index contributed by atoms with van der Waals surface area (Å²) < 4.78 is 27.5. The van der Waals surface area contributed by atoms with Gasteiger partial charge in [0, 0.05) is 31.9 Å². The Morgan fingerprint density at radius 1 is 0.969 bits per heavy atom. The number of anilines is 1. The minimum Gasteiger partial charge on any atom is -0.325 e. The molecule has 4 rings (SSSR count). The van der Waals surface area contributed by atoms with Gasteiger partial charge in [-0.15, -0.1) is 0 Å². The number of hydrogen-bond donors (Lipinski definition) is 1. The Kier molecular flexibility index (Phi) is 7.08. The maximum atomic E-state index is 13.0. The van der Waals surface area contributed by atoms with Gasteiger partial charge in [-0.25, -0.2) is 8.42 Å². The number of amides is 1. The Bertz CT molecular complexity index is 1080. The van der Waals surface area contributed by atoms with Gasteiger partial charge in [0.15, 0.2) is 0 Å². The van der Waals surface area contributed by atoms with Crippen LogP contribution in [0.4, 0.5) is 5.69 Å². The van der Waals surface area contributed by atoms with Crippen molar-refractivity contribution in [3.05, 3.63) is 66.2 Å². The molecule has 0 aromatic heterocycles. The fourth-order valence-electron chi connectivity index (χ4n) is 4.35. The smallest absolute Gasteiger partial charge is 0.243 e. The lowest BCUT2D eigenvalue weighted by molar-refractivity contribution is -0.120. The highest BCUT2D eigenvalue weighted by atomic mass is 32.2. The van der Waals surface area contributed by atoms with Crippen molar-refractivity contribution in [3.8, 4) is 0 Å². The molecule has 0 bridgehead atoms. The zero-order valence-electron chi connectivity index (χ0n) is 18.5. The maximum Gasteiger partial charge on any atom is 0.243 e. The lowest BCUT2D eigenvalue weighted by Gasteiger charge is -2.31. The van der Waals surface area contributed by atoms with Gasteiger partial charge in [-0.1, -0.05) is 48.9 Å². The largest absolute Gasteiger partial charge is 0.325 e. The van der Waals surface area contributed by atoms with Crippen molar-refractivity contribution in [1.82, 2.24) is 9.21 Å². The molecular weight excluding hydrogens is 422 g/mol. The summed E-state index contributed by atoms with van der Waals surface area (Å²) in [4.78, 5) is 15.3. The Labute approximate surface area is 191 Å². The highest BCUT2D eigenvalue weighted by molar-refractivity contribution is 7.89. The molecular formula is C25H31N3O3S. The number of benzene rings is 2. The first-order valence-electron chi connectivity index (χ1n) is 11.3. The number of hydrogen-bond acceptors (Lipinski definition) is 4. The average Bonchev–Trinajstić information content (AvgIpc) is 2.85. The third-order valence-corrected chi connectivity index (χ3v) is 8.26. The molecule has 170 valence electrons. The number of nitrogens with zero attached hydrogens (tertiary/aromatic N) is 2. The molecule has 0 aliphatic carbocycles. The average molecular weight is 454 g/mol. The van der Waals surface area contributed by atoms with Crippen LogP contribution in [0, 0.1) is 0 Å². The van der Waals surface area contributed by atoms with Crippen LogP contribution in [0.25, 0.3) is 5.57 Å². The van der Waals surface area contributed by atoms with Crippen LogP contribution in [0.1, 0.15) is 38.2 Å². The standard InChI is InChI=1S/C25H31N3O3S/c1-20(27-17-13-22(14-18-27)21-9-4-2-5-10-21)25(29)26-23-11-8-12-24(19-23)32(30,31)28-15-6-3-7-16-28/h2,4-5,8-13,19-20H,3,6-7,14-18H2,1H3,(H,26,29). The summed E-state index contributed by atoms with van der Waals surface area (Å²) in [5.41, 5.74) is 3.05. The second kappa shape index (κ2) is 9.98. The summed E-state index contributed by atoms with van der Waals surface area (Å²) in [6, 6.07) is 16.6. The first-order valence-corrected chi connectivity index (χ1v) is 12.8. The minimum absolute atomic E-state index is 0.130. The van der Waals surface area contributed by atoms with E-state index in [-0.39, 0.29) is 16.8 Å². The van der Waals surface area contributed by atoms with Gasteiger partial charge in [0.25, 0.3) is 0 Å². The zero-order chi connectivity index (χ0) is 22.6. The van der Waals surface area contributed by atoms with Gasteiger partial charge in [-0.2, -0.15) is 4.31 Å². The van der Waals surface area contributed by atoms with Crippen LogP contribution in [0.3, 0.4) is 0 Å². The highest BCUT2D eigenvalue weighted by Crippen LogP contribution is 2.25. The van der Waals surface area contributed by atoms with Gasteiger partial charge in [-0.3, -0.25) is 9.69 Å². The van der Waals surface area contributed by atoms with Crippen LogP contribution in [-0.4, -0.2) is 55.8 Å². The molecule has 0 radical (unpaired) electrons. The molecule has 1 N–H and O–H groups in total. The first-order chi connectivity index (χ1) is 15.4. The highest BCUT2D eigenvalue weighted by Gasteiger charge is 2.27. The van der Waals surface area contributed by atoms with E-state index in [2.05, 4.69) is 28.4 Å². The number of carbonyl (C=O) groups excluding carboxylic acids is 1. The molecule has 0 spiro atoms. The van der Waals surface area contributed by atoms with Crippen LogP contribution in [0.5, 0.6) is 0 Å². The quantitative estimate of drug-likeness (QED) is 0.718. The molecule has 1 amide bonds. The molecule has 2 aromatic rings. The maximum absolute atomic E-state index is 13.0. The van der Waals surface area contributed by atoms with Crippen molar-refractivity contribution >= 4 is 27.2 Å². The zero-order valence-corrected chi connectivity index (χ0v) is 19.4. The molecule has 2 aromatic carbocycles. The Balaban J connectivity index is 1.40. The fraction of sp³-hybridized carbons (Fsp3) is 0.400. The van der Waals surface area contributed by atoms with Gasteiger partial charge < -0.3 is 5.32 Å². The second-order valence-corrected chi connectivity index (χ2v) is 10.4. The van der Waals surface area contributed by atoms with Gasteiger partial charge in [-0.05, 0) is 55.5 Å². The summed E-state index contributed by atoms with van der Waals surface area (Å²) in [5, 5.41) is 2.91. The second-order valence-electron chi connectivity index (χ2n) is 8.50. The van der Waals surface area contributed by atoms with Crippen molar-refractivity contribution in [1.29, 1.82) is 0 Å². The van der Waals surface area contributed by atoms with Crippen LogP contribution in [0.15, 0.2) is 65.6 Å². The monoisotopic (exact) mass is 453 g/mol. The summed E-state index contributed by atoms with van der Waals surface area (Å²) in [5.74, 6) is -0.130. The summed E-state index contributed by atoms with van der Waals surface area (Å²) in [6.45, 7) is 4.53. The Morgan fingerprint density at radius 2 is 1.72 bits per heavy atom. The van der Waals surface area contributed by atoms with Crippen molar-refractivity contribution in [2.75, 3.05) is 31.5 Å². The van der Waals surface area contributed by atoms with Gasteiger partial charge in [0.2, 0.25) is 15.9 Å². The van der Waals surface area contributed by atoms with E-state index >= 15 is 0 Å². The molecule has 0 saturated carbocycles. The Morgan fingerprint density at radius 3 is 2.41 bits per heavy atom. The van der Waals surface area contributed by atoms with Crippen LogP contribution in [-0.2, 0) is 14.8 Å². The summed E-state index contributed by atoms with van der Waals surface area (Å²) in [6.07, 6.45) is 5.94. The Hall–Kier alpha value is -2.48. The van der Waals surface area contributed by atoms with Crippen molar-refractivity contribution < 1.29 is 13.2 Å². The SMILES string of the molecule is CC(C(=O)Nc1cccc(S(=O)(=O)N2CCCCC2)c1)N1CC=C(c2ccccc2)CC1. The predicted molar refractivity (Wildman–Crippen MR) is 128 cm³/mol. The summed E-state index contributed by atoms with van der Waals surface area (Å²) in [7, 11) is -3.53. The van der Waals surface area contributed by atoms with E-state index in [0.29, 0.717) is 25.3 Å². The van der Waals surface area contributed by atoms with E-state index in [1.807, 2.05) is 25.1 Å². The lowest BCUT2D eigenvalue weighted by atomic mass is 9.99. The van der Waals surface area contributed by atoms with E-state index in [1.165, 1.54) is 11.1 Å². The minimum atomic E-state index is -3.53. The van der Waals surface area contributed by atoms with Crippen molar-refractivity contribution in [3.63, 3.8) is 0 Å². The molecule has 32 heavy (non-hydrogen) atoms. The predicted octanol–water partition coefficient (Wildman–Crippen LogP) is 3.98. The van der Waals surface area contributed by atoms with E-state index in [1.54, 1.807) is 28.6 Å². The van der Waals surface area contributed by atoms with E-state index in [9.17, 15) is 13.2 Å². The number of sulfonamides is 1. The van der Waals surface area contributed by atoms with Crippen LogP contribution < -0.4 is 5.32 Å². The number of carbonyl (C=O) groups is 1. The van der Waals surface area contributed by atoms with Gasteiger partial charge in [0.1, 0.15) is 0 Å². The van der Waals surface area contributed by atoms with Crippen molar-refractivity contribution in [2.45, 2.75) is 43.5 Å². The molecule has 7 heteroatoms. The molecule has 1 saturated heterocycles. The number of piperidine rings is 1. The fourth-order valence-corrected chi connectivity index (χ4v) is 5.92. The third kappa shape index (κ3) is 5.11. The molecule has 1 unspecified atom stereocenters. The van der Waals surface area contributed by atoms with E-state index < -0.39 is 10.0 Å². The van der Waals surface area contributed by atoms with Crippen molar-refractivity contribution in [2.24, 2.45) is 0 Å². The molecule has 2 aliphatic rings. The van der Waals surface area contributed by atoms with Gasteiger partial charge in [0.05, 0.1) is 10.9 Å². The molecule has 6 nitrogen and oxygen atoms in total. The first kappa shape index (κ1) is 22.7. The summed E-state index contributed by atoms with van der Waals surface area (Å²) >= 11 is 0. The van der Waals surface area contributed by atoms with E-state index in [4.69, 9.17) is 0 Å². The van der Waals surface area contributed by atoms with E-state index in [0.717, 1.165) is 32.2 Å². The molecule has 1 atom stereocenters. The van der Waals surface area contributed by atoms with Gasteiger partial charge >= 0.3 is 0 Å². The number of rotatable bonds is 6. The lowest BCUT2D eigenvalue weighted by Crippen LogP contribution is -2.44. The third-order valence-electron chi connectivity index (χ3n) is 6.37. The normalized spacial score (nSPS) is 19.2. The number of nitrogens with one attached hydrogen (secondary N) is 1. The molecule has 1 fully saturated rings.